The smallest absolute Gasteiger partial charge is 0.0261 e. The van der Waals surface area contributed by atoms with Gasteiger partial charge in [-0.2, -0.15) is 0 Å². The fraction of sp³-hybridized carbons (Fsp3) is 0.684. The number of rotatable bonds is 7. The molecule has 21 heavy (non-hydrogen) atoms. The second-order valence-electron chi connectivity index (χ2n) is 6.80. The summed E-state index contributed by atoms with van der Waals surface area (Å²) in [5.41, 5.74) is 1.47. The second kappa shape index (κ2) is 8.55. The van der Waals surface area contributed by atoms with Crippen LogP contribution in [-0.4, -0.2) is 36.6 Å². The Morgan fingerprint density at radius 3 is 2.62 bits per heavy atom. The average Bonchev–Trinajstić information content (AvgIpc) is 2.50. The van der Waals surface area contributed by atoms with E-state index < -0.39 is 0 Å². The van der Waals surface area contributed by atoms with E-state index in [0.717, 1.165) is 12.5 Å². The van der Waals surface area contributed by atoms with E-state index in [4.69, 9.17) is 0 Å². The van der Waals surface area contributed by atoms with Crippen molar-refractivity contribution in [3.63, 3.8) is 0 Å². The topological polar surface area (TPSA) is 15.3 Å². The number of nitrogens with zero attached hydrogens (tertiary/aromatic N) is 1. The van der Waals surface area contributed by atoms with Crippen molar-refractivity contribution in [2.45, 2.75) is 58.5 Å². The number of nitrogens with one attached hydrogen (secondary N) is 1. The summed E-state index contributed by atoms with van der Waals surface area (Å²) in [6.07, 6.45) is 5.18. The normalized spacial score (nSPS) is 23.6. The number of benzene rings is 1. The molecule has 1 aliphatic heterocycles. The minimum absolute atomic E-state index is 0.652. The van der Waals surface area contributed by atoms with E-state index in [1.807, 2.05) is 0 Å². The van der Waals surface area contributed by atoms with Crippen molar-refractivity contribution in [1.29, 1.82) is 0 Å². The van der Waals surface area contributed by atoms with Gasteiger partial charge in [-0.15, -0.1) is 0 Å². The van der Waals surface area contributed by atoms with Crippen molar-refractivity contribution in [2.75, 3.05) is 19.6 Å². The Morgan fingerprint density at radius 1 is 1.19 bits per heavy atom. The van der Waals surface area contributed by atoms with Crippen LogP contribution in [0.5, 0.6) is 0 Å². The zero-order valence-electron chi connectivity index (χ0n) is 14.0. The molecule has 0 bridgehead atoms. The van der Waals surface area contributed by atoms with Crippen molar-refractivity contribution in [3.8, 4) is 0 Å². The van der Waals surface area contributed by atoms with Gasteiger partial charge in [0.2, 0.25) is 0 Å². The summed E-state index contributed by atoms with van der Waals surface area (Å²) in [6.45, 7) is 10.5. The molecule has 118 valence electrons. The van der Waals surface area contributed by atoms with E-state index in [2.05, 4.69) is 61.3 Å². The number of hydrogen-bond acceptors (Lipinski definition) is 2. The van der Waals surface area contributed by atoms with Crippen LogP contribution in [0.3, 0.4) is 0 Å². The summed E-state index contributed by atoms with van der Waals surface area (Å²) in [5.74, 6) is 0.719. The van der Waals surface area contributed by atoms with Gasteiger partial charge in [0.15, 0.2) is 0 Å². The van der Waals surface area contributed by atoms with Gasteiger partial charge in [0.1, 0.15) is 0 Å². The molecule has 1 N–H and O–H groups in total. The third-order valence-electron chi connectivity index (χ3n) is 4.73. The van der Waals surface area contributed by atoms with Gasteiger partial charge in [-0.3, -0.25) is 4.90 Å². The molecule has 1 saturated heterocycles. The lowest BCUT2D eigenvalue weighted by Gasteiger charge is -2.42. The zero-order valence-corrected chi connectivity index (χ0v) is 14.0. The van der Waals surface area contributed by atoms with Gasteiger partial charge in [-0.05, 0) is 30.9 Å². The Balaban J connectivity index is 1.96. The first-order valence-corrected chi connectivity index (χ1v) is 8.72. The van der Waals surface area contributed by atoms with E-state index in [1.165, 1.54) is 44.3 Å². The van der Waals surface area contributed by atoms with Crippen LogP contribution in [0, 0.1) is 5.92 Å². The van der Waals surface area contributed by atoms with E-state index in [0.29, 0.717) is 12.1 Å². The highest BCUT2D eigenvalue weighted by Gasteiger charge is 2.28. The number of unbranched alkanes of at least 4 members (excludes halogenated alkanes) is 2. The molecule has 0 spiro atoms. The maximum absolute atomic E-state index is 3.77. The van der Waals surface area contributed by atoms with Crippen LogP contribution in [-0.2, 0) is 6.42 Å². The molecular formula is C19H32N2. The Hall–Kier alpha value is -0.860. The van der Waals surface area contributed by atoms with Gasteiger partial charge < -0.3 is 5.32 Å². The van der Waals surface area contributed by atoms with Crippen LogP contribution in [0.1, 0.15) is 45.6 Å². The summed E-state index contributed by atoms with van der Waals surface area (Å²) >= 11 is 0. The van der Waals surface area contributed by atoms with Crippen LogP contribution in [0.4, 0.5) is 0 Å². The molecule has 1 heterocycles. The molecule has 2 rings (SSSR count). The lowest BCUT2D eigenvalue weighted by Crippen LogP contribution is -2.58. The van der Waals surface area contributed by atoms with Crippen molar-refractivity contribution in [3.05, 3.63) is 35.9 Å². The fourth-order valence-electron chi connectivity index (χ4n) is 3.26. The van der Waals surface area contributed by atoms with Gasteiger partial charge in [-0.1, -0.05) is 63.9 Å². The standard InChI is InChI=1S/C19H32N2/c1-4-5-9-12-21-15-19(16(2)3)20-14-18(21)13-17-10-7-6-8-11-17/h6-8,10-11,16,18-20H,4-5,9,12-15H2,1-3H3. The summed E-state index contributed by atoms with van der Waals surface area (Å²) < 4.78 is 0. The molecular weight excluding hydrogens is 256 g/mol. The summed E-state index contributed by atoms with van der Waals surface area (Å²) in [7, 11) is 0. The first-order valence-electron chi connectivity index (χ1n) is 8.72. The first-order chi connectivity index (χ1) is 10.2. The highest BCUT2D eigenvalue weighted by molar-refractivity contribution is 5.16. The fourth-order valence-corrected chi connectivity index (χ4v) is 3.26. The number of hydrogen-bond donors (Lipinski definition) is 1. The van der Waals surface area contributed by atoms with Crippen LogP contribution < -0.4 is 5.32 Å². The van der Waals surface area contributed by atoms with E-state index in [9.17, 15) is 0 Å². The molecule has 0 amide bonds. The SMILES string of the molecule is CCCCCN1CC(C(C)C)NCC1Cc1ccccc1. The Kier molecular flexibility index (Phi) is 6.72. The predicted molar refractivity (Wildman–Crippen MR) is 91.7 cm³/mol. The molecule has 0 radical (unpaired) electrons. The summed E-state index contributed by atoms with van der Waals surface area (Å²) in [6, 6.07) is 12.2. The Bertz CT molecular complexity index is 388. The molecule has 0 aromatic heterocycles. The van der Waals surface area contributed by atoms with Crippen LogP contribution >= 0.6 is 0 Å². The first kappa shape index (κ1) is 16.5. The minimum Gasteiger partial charge on any atom is -0.311 e. The summed E-state index contributed by atoms with van der Waals surface area (Å²) in [5, 5.41) is 3.77. The quantitative estimate of drug-likeness (QED) is 0.769. The molecule has 1 aromatic rings. The van der Waals surface area contributed by atoms with Crippen LogP contribution in [0.25, 0.3) is 0 Å². The van der Waals surface area contributed by atoms with Gasteiger partial charge in [0, 0.05) is 25.2 Å². The molecule has 0 aliphatic carbocycles. The van der Waals surface area contributed by atoms with Crippen molar-refractivity contribution in [1.82, 2.24) is 10.2 Å². The summed E-state index contributed by atoms with van der Waals surface area (Å²) in [4.78, 5) is 2.74. The van der Waals surface area contributed by atoms with Gasteiger partial charge in [0.25, 0.3) is 0 Å². The van der Waals surface area contributed by atoms with Gasteiger partial charge >= 0.3 is 0 Å². The van der Waals surface area contributed by atoms with Crippen LogP contribution in [0.15, 0.2) is 30.3 Å². The third kappa shape index (κ3) is 5.12. The van der Waals surface area contributed by atoms with E-state index in [-0.39, 0.29) is 0 Å². The molecule has 1 fully saturated rings. The average molecular weight is 288 g/mol. The maximum Gasteiger partial charge on any atom is 0.0261 e. The van der Waals surface area contributed by atoms with E-state index in [1.54, 1.807) is 0 Å². The largest absolute Gasteiger partial charge is 0.311 e. The molecule has 1 aliphatic rings. The van der Waals surface area contributed by atoms with Crippen molar-refractivity contribution < 1.29 is 0 Å². The molecule has 2 unspecified atom stereocenters. The molecule has 0 saturated carbocycles. The second-order valence-corrected chi connectivity index (χ2v) is 6.80. The lowest BCUT2D eigenvalue weighted by atomic mass is 9.96. The van der Waals surface area contributed by atoms with Crippen molar-refractivity contribution >= 4 is 0 Å². The van der Waals surface area contributed by atoms with Gasteiger partial charge in [0.05, 0.1) is 0 Å². The molecule has 1 aromatic carbocycles. The predicted octanol–water partition coefficient (Wildman–Crippen LogP) is 3.72. The highest BCUT2D eigenvalue weighted by Crippen LogP contribution is 2.17. The van der Waals surface area contributed by atoms with Crippen molar-refractivity contribution in [2.24, 2.45) is 5.92 Å². The van der Waals surface area contributed by atoms with Crippen LogP contribution in [0.2, 0.25) is 0 Å². The Morgan fingerprint density at radius 2 is 1.95 bits per heavy atom. The number of piperazine rings is 1. The third-order valence-corrected chi connectivity index (χ3v) is 4.73. The lowest BCUT2D eigenvalue weighted by molar-refractivity contribution is 0.111. The molecule has 2 atom stereocenters. The molecule has 2 nitrogen and oxygen atoms in total. The van der Waals surface area contributed by atoms with Gasteiger partial charge in [-0.25, -0.2) is 0 Å². The van der Waals surface area contributed by atoms with E-state index >= 15 is 0 Å². The molecule has 2 heteroatoms. The Labute approximate surface area is 130 Å². The maximum atomic E-state index is 3.77. The highest BCUT2D eigenvalue weighted by atomic mass is 15.2. The minimum atomic E-state index is 0.652. The zero-order chi connectivity index (χ0) is 15.1. The monoisotopic (exact) mass is 288 g/mol.